The molecule has 2 aromatic heterocycles. The second kappa shape index (κ2) is 6.91. The van der Waals surface area contributed by atoms with E-state index in [1.54, 1.807) is 36.8 Å². The molecule has 1 atom stereocenters. The van der Waals surface area contributed by atoms with Crippen LogP contribution in [0.4, 0.5) is 5.82 Å². The highest BCUT2D eigenvalue weighted by Crippen LogP contribution is 2.28. The van der Waals surface area contributed by atoms with Crippen molar-refractivity contribution in [1.29, 1.82) is 0 Å². The number of nitrogen functional groups attached to an aromatic ring is 1. The minimum atomic E-state index is -3.61. The number of benzene rings is 1. The second-order valence-electron chi connectivity index (χ2n) is 6.71. The number of rotatable bonds is 5. The van der Waals surface area contributed by atoms with Crippen LogP contribution in [0.25, 0.3) is 16.9 Å². The Hall–Kier alpha value is -2.49. The van der Waals surface area contributed by atoms with Crippen molar-refractivity contribution in [2.24, 2.45) is 5.92 Å². The fraction of sp³-hybridized carbons (Fsp3) is 0.333. The third kappa shape index (κ3) is 3.41. The van der Waals surface area contributed by atoms with E-state index in [4.69, 9.17) is 10.5 Å². The second-order valence-corrected chi connectivity index (χ2v) is 8.47. The van der Waals surface area contributed by atoms with E-state index in [0.717, 1.165) is 23.2 Å². The molecule has 0 spiro atoms. The summed E-state index contributed by atoms with van der Waals surface area (Å²) in [6.45, 7) is 3.59. The summed E-state index contributed by atoms with van der Waals surface area (Å²) in [6, 6.07) is 5.08. The lowest BCUT2D eigenvalue weighted by atomic mass is 10.1. The molecule has 4 rings (SSSR count). The Labute approximate surface area is 157 Å². The normalized spacial score (nSPS) is 17.6. The molecule has 3 aromatic rings. The van der Waals surface area contributed by atoms with Gasteiger partial charge in [0.1, 0.15) is 0 Å². The predicted octanol–water partition coefficient (Wildman–Crippen LogP) is 1.60. The number of sulfonamides is 1. The van der Waals surface area contributed by atoms with E-state index in [1.807, 2.05) is 11.3 Å². The predicted molar refractivity (Wildman–Crippen MR) is 102 cm³/mol. The lowest BCUT2D eigenvalue weighted by Gasteiger charge is -2.13. The highest BCUT2D eigenvalue weighted by atomic mass is 32.2. The molecule has 1 aromatic carbocycles. The summed E-state index contributed by atoms with van der Waals surface area (Å²) in [6.07, 6.45) is 5.90. The SMILES string of the molecule is Cc1ccc(S(=O)(=O)NCC2CCOC2)cc1-c1cnc2c(N)nccn12. The molecular formula is C18H21N5O3S. The molecule has 0 aliphatic carbocycles. The quantitative estimate of drug-likeness (QED) is 0.688. The zero-order valence-corrected chi connectivity index (χ0v) is 15.7. The Morgan fingerprint density at radius 2 is 2.22 bits per heavy atom. The van der Waals surface area contributed by atoms with Gasteiger partial charge in [0.2, 0.25) is 10.0 Å². The summed E-state index contributed by atoms with van der Waals surface area (Å²) >= 11 is 0. The number of nitrogens with two attached hydrogens (primary N) is 1. The lowest BCUT2D eigenvalue weighted by Crippen LogP contribution is -2.29. The number of nitrogens with one attached hydrogen (secondary N) is 1. The van der Waals surface area contributed by atoms with Crippen LogP contribution in [0.15, 0.2) is 41.7 Å². The molecule has 1 aliphatic heterocycles. The molecule has 3 heterocycles. The van der Waals surface area contributed by atoms with Crippen LogP contribution >= 0.6 is 0 Å². The number of anilines is 1. The molecule has 0 radical (unpaired) electrons. The first-order valence-corrected chi connectivity index (χ1v) is 10.2. The highest BCUT2D eigenvalue weighted by Gasteiger charge is 2.21. The minimum Gasteiger partial charge on any atom is -0.381 e. The molecule has 1 aliphatic rings. The summed E-state index contributed by atoms with van der Waals surface area (Å²) in [4.78, 5) is 8.57. The molecule has 142 valence electrons. The van der Waals surface area contributed by atoms with Gasteiger partial charge < -0.3 is 10.5 Å². The van der Waals surface area contributed by atoms with Crippen LogP contribution in [-0.2, 0) is 14.8 Å². The first kappa shape index (κ1) is 17.9. The summed E-state index contributed by atoms with van der Waals surface area (Å²) in [5, 5.41) is 0. The van der Waals surface area contributed by atoms with E-state index >= 15 is 0 Å². The summed E-state index contributed by atoms with van der Waals surface area (Å²) in [5.74, 6) is 0.546. The molecule has 8 nitrogen and oxygen atoms in total. The van der Waals surface area contributed by atoms with Crippen LogP contribution in [0.3, 0.4) is 0 Å². The molecule has 0 bridgehead atoms. The zero-order valence-electron chi connectivity index (χ0n) is 14.9. The average molecular weight is 387 g/mol. The van der Waals surface area contributed by atoms with Crippen molar-refractivity contribution in [3.05, 3.63) is 42.4 Å². The maximum absolute atomic E-state index is 12.7. The zero-order chi connectivity index (χ0) is 19.0. The highest BCUT2D eigenvalue weighted by molar-refractivity contribution is 7.89. The average Bonchev–Trinajstić information content (AvgIpc) is 3.31. The molecule has 3 N–H and O–H groups in total. The third-order valence-corrected chi connectivity index (χ3v) is 6.26. The molecule has 1 saturated heterocycles. The maximum atomic E-state index is 12.7. The Kier molecular flexibility index (Phi) is 4.58. The molecule has 0 saturated carbocycles. The van der Waals surface area contributed by atoms with Crippen molar-refractivity contribution in [3.8, 4) is 11.3 Å². The maximum Gasteiger partial charge on any atom is 0.240 e. The van der Waals surface area contributed by atoms with E-state index < -0.39 is 10.0 Å². The van der Waals surface area contributed by atoms with E-state index in [2.05, 4.69) is 14.7 Å². The molecule has 1 unspecified atom stereocenters. The Morgan fingerprint density at radius 1 is 1.37 bits per heavy atom. The topological polar surface area (TPSA) is 112 Å². The van der Waals surface area contributed by atoms with E-state index in [9.17, 15) is 8.42 Å². The van der Waals surface area contributed by atoms with Gasteiger partial charge in [-0.15, -0.1) is 0 Å². The van der Waals surface area contributed by atoms with Crippen LogP contribution in [-0.4, -0.2) is 42.5 Å². The third-order valence-electron chi connectivity index (χ3n) is 4.84. The first-order chi connectivity index (χ1) is 13.0. The van der Waals surface area contributed by atoms with E-state index in [1.165, 1.54) is 0 Å². The fourth-order valence-corrected chi connectivity index (χ4v) is 4.38. The van der Waals surface area contributed by atoms with Gasteiger partial charge in [0.05, 0.1) is 23.4 Å². The number of aryl methyl sites for hydroxylation is 1. The van der Waals surface area contributed by atoms with Gasteiger partial charge in [-0.3, -0.25) is 4.40 Å². The van der Waals surface area contributed by atoms with Crippen molar-refractivity contribution in [1.82, 2.24) is 19.1 Å². The van der Waals surface area contributed by atoms with Crippen LogP contribution < -0.4 is 10.5 Å². The standard InChI is InChI=1S/C18H21N5O3S/c1-12-2-3-14(27(24,25)22-9-13-4-7-26-11-13)8-15(12)16-10-21-18-17(19)20-5-6-23(16)18/h2-3,5-6,8,10,13,22H,4,7,9,11H2,1H3,(H2,19,20). The summed E-state index contributed by atoms with van der Waals surface area (Å²) < 4.78 is 35.3. The number of hydrogen-bond acceptors (Lipinski definition) is 6. The number of nitrogens with zero attached hydrogens (tertiary/aromatic N) is 3. The van der Waals surface area contributed by atoms with Crippen LogP contribution in [0, 0.1) is 12.8 Å². The van der Waals surface area contributed by atoms with Crippen molar-refractivity contribution in [2.75, 3.05) is 25.5 Å². The smallest absolute Gasteiger partial charge is 0.240 e. The van der Waals surface area contributed by atoms with Crippen LogP contribution in [0.1, 0.15) is 12.0 Å². The lowest BCUT2D eigenvalue weighted by molar-refractivity contribution is 0.186. The minimum absolute atomic E-state index is 0.221. The Balaban J connectivity index is 1.69. The van der Waals surface area contributed by atoms with Gasteiger partial charge in [-0.25, -0.2) is 23.1 Å². The molecule has 1 fully saturated rings. The van der Waals surface area contributed by atoms with Gasteiger partial charge in [0.25, 0.3) is 0 Å². The molecule has 0 amide bonds. The summed E-state index contributed by atoms with van der Waals surface area (Å²) in [5.41, 5.74) is 8.89. The summed E-state index contributed by atoms with van der Waals surface area (Å²) in [7, 11) is -3.61. The van der Waals surface area contributed by atoms with Crippen molar-refractivity contribution >= 4 is 21.5 Å². The van der Waals surface area contributed by atoms with E-state index in [-0.39, 0.29) is 10.8 Å². The fourth-order valence-electron chi connectivity index (χ4n) is 3.24. The number of fused-ring (bicyclic) bond motifs is 1. The number of imidazole rings is 1. The number of aromatic nitrogens is 3. The largest absolute Gasteiger partial charge is 0.381 e. The van der Waals surface area contributed by atoms with Gasteiger partial charge in [-0.1, -0.05) is 6.07 Å². The number of hydrogen-bond donors (Lipinski definition) is 2. The van der Waals surface area contributed by atoms with Gasteiger partial charge in [0.15, 0.2) is 11.5 Å². The van der Waals surface area contributed by atoms with Crippen molar-refractivity contribution < 1.29 is 13.2 Å². The van der Waals surface area contributed by atoms with Crippen molar-refractivity contribution in [3.63, 3.8) is 0 Å². The molecule has 9 heteroatoms. The van der Waals surface area contributed by atoms with Gasteiger partial charge in [-0.05, 0) is 37.0 Å². The molecule has 27 heavy (non-hydrogen) atoms. The Bertz CT molecular complexity index is 1090. The van der Waals surface area contributed by atoms with Gasteiger partial charge in [0, 0.05) is 31.1 Å². The molecular weight excluding hydrogens is 366 g/mol. The number of ether oxygens (including phenoxy) is 1. The van der Waals surface area contributed by atoms with Gasteiger partial charge in [-0.2, -0.15) is 0 Å². The van der Waals surface area contributed by atoms with Crippen LogP contribution in [0.2, 0.25) is 0 Å². The van der Waals surface area contributed by atoms with E-state index in [0.29, 0.717) is 31.2 Å². The monoisotopic (exact) mass is 387 g/mol. The van der Waals surface area contributed by atoms with Crippen LogP contribution in [0.5, 0.6) is 0 Å². The first-order valence-electron chi connectivity index (χ1n) is 8.71. The van der Waals surface area contributed by atoms with Crippen molar-refractivity contribution in [2.45, 2.75) is 18.2 Å². The van der Waals surface area contributed by atoms with Gasteiger partial charge >= 0.3 is 0 Å². The Morgan fingerprint density at radius 3 is 3.00 bits per heavy atom.